The lowest BCUT2D eigenvalue weighted by atomic mass is 9.79. The van der Waals surface area contributed by atoms with Gasteiger partial charge in [-0.3, -0.25) is 14.5 Å². The zero-order chi connectivity index (χ0) is 24.7. The van der Waals surface area contributed by atoms with Gasteiger partial charge >= 0.3 is 5.97 Å². The molecule has 194 valence electrons. The highest BCUT2D eigenvalue weighted by Crippen LogP contribution is 2.40. The van der Waals surface area contributed by atoms with Crippen LogP contribution in [0.25, 0.3) is 11.0 Å². The molecule has 36 heavy (non-hydrogen) atoms. The van der Waals surface area contributed by atoms with Crippen LogP contribution >= 0.6 is 35.3 Å². The molecule has 1 N–H and O–H groups in total. The third kappa shape index (κ3) is 5.42. The van der Waals surface area contributed by atoms with E-state index in [2.05, 4.69) is 35.4 Å². The van der Waals surface area contributed by atoms with Gasteiger partial charge in [-0.25, -0.2) is 4.98 Å². The fourth-order valence-corrected chi connectivity index (χ4v) is 6.84. The topological polar surface area (TPSA) is 78.7 Å². The molecule has 0 aliphatic carbocycles. The summed E-state index contributed by atoms with van der Waals surface area (Å²) < 4.78 is 3.02. The van der Waals surface area contributed by atoms with Gasteiger partial charge in [0.15, 0.2) is 0 Å². The number of piperidine rings is 1. The van der Waals surface area contributed by atoms with E-state index in [1.54, 1.807) is 11.3 Å². The van der Waals surface area contributed by atoms with E-state index in [1.165, 1.54) is 5.56 Å². The maximum absolute atomic E-state index is 13.5. The van der Waals surface area contributed by atoms with Crippen LogP contribution < -0.4 is 0 Å². The lowest BCUT2D eigenvalue weighted by Gasteiger charge is -2.40. The number of thiophene rings is 1. The Balaban J connectivity index is 0.00000304. The van der Waals surface area contributed by atoms with Gasteiger partial charge < -0.3 is 14.6 Å². The van der Waals surface area contributed by atoms with Crippen LogP contribution in [0.1, 0.15) is 49.2 Å². The molecule has 5 rings (SSSR count). The molecule has 0 bridgehead atoms. The van der Waals surface area contributed by atoms with Gasteiger partial charge in [-0.05, 0) is 61.7 Å². The van der Waals surface area contributed by atoms with Gasteiger partial charge in [0.2, 0.25) is 5.91 Å². The number of hydrogen-bond donors (Lipinski definition) is 1. The van der Waals surface area contributed by atoms with E-state index in [-0.39, 0.29) is 36.1 Å². The Kier molecular flexibility index (Phi) is 8.00. The van der Waals surface area contributed by atoms with Crippen molar-refractivity contribution in [2.24, 2.45) is 5.92 Å². The minimum Gasteiger partial charge on any atom is -0.481 e. The average molecular weight is 552 g/mol. The van der Waals surface area contributed by atoms with Crippen LogP contribution in [0.4, 0.5) is 0 Å². The first kappa shape index (κ1) is 26.9. The maximum atomic E-state index is 13.5. The number of carboxylic acids is 1. The summed E-state index contributed by atoms with van der Waals surface area (Å²) in [4.78, 5) is 34.5. The number of amides is 1. The van der Waals surface area contributed by atoms with E-state index >= 15 is 0 Å². The highest BCUT2D eigenvalue weighted by molar-refractivity contribution is 7.16. The van der Waals surface area contributed by atoms with Gasteiger partial charge in [0.05, 0.1) is 24.0 Å². The SMILES string of the molecule is CC1(C)CN(C(=O)CN2CCC(CC(=O)O)CC2)Cc2c1c1cccnc1n2Cc1ccc(Cl)s1.Cl. The van der Waals surface area contributed by atoms with Crippen molar-refractivity contribution < 1.29 is 14.7 Å². The Morgan fingerprint density at radius 1 is 1.22 bits per heavy atom. The minimum absolute atomic E-state index is 0. The zero-order valence-electron chi connectivity index (χ0n) is 20.6. The first-order chi connectivity index (χ1) is 16.7. The van der Waals surface area contributed by atoms with Crippen LogP contribution in [-0.2, 0) is 28.1 Å². The van der Waals surface area contributed by atoms with E-state index < -0.39 is 5.97 Å². The highest BCUT2D eigenvalue weighted by atomic mass is 35.5. The van der Waals surface area contributed by atoms with Gasteiger partial charge in [-0.15, -0.1) is 23.7 Å². The Morgan fingerprint density at radius 2 is 1.97 bits per heavy atom. The van der Waals surface area contributed by atoms with E-state index in [0.717, 1.165) is 51.9 Å². The summed E-state index contributed by atoms with van der Waals surface area (Å²) in [7, 11) is 0. The van der Waals surface area contributed by atoms with Gasteiger partial charge in [-0.2, -0.15) is 0 Å². The fraction of sp³-hybridized carbons (Fsp3) is 0.500. The fourth-order valence-electron chi connectivity index (χ4n) is 5.76. The zero-order valence-corrected chi connectivity index (χ0v) is 23.0. The number of fused-ring (bicyclic) bond motifs is 3. The predicted octanol–water partition coefficient (Wildman–Crippen LogP) is 5.03. The van der Waals surface area contributed by atoms with E-state index in [1.807, 2.05) is 23.2 Å². The monoisotopic (exact) mass is 550 g/mol. The van der Waals surface area contributed by atoms with Crippen LogP contribution in [0.15, 0.2) is 30.5 Å². The second kappa shape index (κ2) is 10.7. The summed E-state index contributed by atoms with van der Waals surface area (Å²) in [6.45, 7) is 8.24. The molecule has 2 aliphatic heterocycles. The average Bonchev–Trinajstić information content (AvgIpc) is 3.36. The summed E-state index contributed by atoms with van der Waals surface area (Å²) >= 11 is 7.78. The highest BCUT2D eigenvalue weighted by Gasteiger charge is 2.39. The van der Waals surface area contributed by atoms with Gasteiger partial charge in [-0.1, -0.05) is 25.4 Å². The van der Waals surface area contributed by atoms with Crippen LogP contribution in [0.5, 0.6) is 0 Å². The molecule has 10 heteroatoms. The Labute approximate surface area is 226 Å². The second-order valence-electron chi connectivity index (χ2n) is 10.4. The molecule has 0 atom stereocenters. The molecule has 0 spiro atoms. The van der Waals surface area contributed by atoms with Crippen molar-refractivity contribution in [1.29, 1.82) is 0 Å². The second-order valence-corrected chi connectivity index (χ2v) is 12.2. The summed E-state index contributed by atoms with van der Waals surface area (Å²) in [5, 5.41) is 10.2. The first-order valence-electron chi connectivity index (χ1n) is 12.1. The van der Waals surface area contributed by atoms with Crippen molar-refractivity contribution in [1.82, 2.24) is 19.4 Å². The normalized spacial score (nSPS) is 18.1. The van der Waals surface area contributed by atoms with Crippen molar-refractivity contribution >= 4 is 58.3 Å². The molecule has 0 unspecified atom stereocenters. The van der Waals surface area contributed by atoms with Crippen LogP contribution in [0.3, 0.4) is 0 Å². The Bertz CT molecular complexity index is 1260. The van der Waals surface area contributed by atoms with Crippen molar-refractivity contribution in [3.05, 3.63) is 50.9 Å². The van der Waals surface area contributed by atoms with Gasteiger partial charge in [0.25, 0.3) is 0 Å². The van der Waals surface area contributed by atoms with Crippen molar-refractivity contribution in [2.75, 3.05) is 26.2 Å². The first-order valence-corrected chi connectivity index (χ1v) is 13.3. The largest absolute Gasteiger partial charge is 0.481 e. The molecule has 0 saturated carbocycles. The Hall–Kier alpha value is -2.13. The van der Waals surface area contributed by atoms with Crippen LogP contribution in [0.2, 0.25) is 4.34 Å². The number of aliphatic carboxylic acids is 1. The number of aromatic nitrogens is 2. The van der Waals surface area contributed by atoms with Crippen molar-refractivity contribution in [2.45, 2.75) is 51.6 Å². The molecule has 3 aromatic rings. The van der Waals surface area contributed by atoms with Crippen LogP contribution in [0, 0.1) is 5.92 Å². The molecule has 7 nitrogen and oxygen atoms in total. The molecular formula is C26H32Cl2N4O3S. The molecule has 0 radical (unpaired) electrons. The lowest BCUT2D eigenvalue weighted by molar-refractivity contribution is -0.139. The number of halogens is 2. The standard InChI is InChI=1S/C26H31ClN4O3S.ClH/c1-26(2)16-30(22(32)15-29-10-7-17(8-11-29)12-23(33)34)14-20-24(26)19-4-3-9-28-25(19)31(20)13-18-5-6-21(27)35-18;/h3-6,9,17H,7-8,10-16H2,1-2H3,(H,33,34);1H. The summed E-state index contributed by atoms with van der Waals surface area (Å²) in [5.74, 6) is -0.394. The molecule has 1 fully saturated rings. The maximum Gasteiger partial charge on any atom is 0.303 e. The number of carbonyl (C=O) groups is 2. The third-order valence-corrected chi connectivity index (χ3v) is 8.57. The number of nitrogens with zero attached hydrogens (tertiary/aromatic N) is 4. The lowest BCUT2D eigenvalue weighted by Crippen LogP contribution is -2.49. The number of carbonyl (C=O) groups excluding carboxylic acids is 1. The number of carboxylic acid groups (broad SMARTS) is 1. The minimum atomic E-state index is -0.736. The van der Waals surface area contributed by atoms with Crippen molar-refractivity contribution in [3.63, 3.8) is 0 Å². The van der Waals surface area contributed by atoms with Gasteiger partial charge in [0, 0.05) is 40.5 Å². The number of rotatable bonds is 6. The molecule has 1 amide bonds. The van der Waals surface area contributed by atoms with E-state index in [0.29, 0.717) is 26.2 Å². The van der Waals surface area contributed by atoms with Gasteiger partial charge in [0.1, 0.15) is 5.65 Å². The molecule has 2 aliphatic rings. The summed E-state index contributed by atoms with van der Waals surface area (Å²) in [6.07, 6.45) is 3.71. The van der Waals surface area contributed by atoms with E-state index in [4.69, 9.17) is 21.7 Å². The molecule has 0 aromatic carbocycles. The number of likely N-dealkylation sites (tertiary alicyclic amines) is 1. The number of hydrogen-bond acceptors (Lipinski definition) is 5. The molecule has 1 saturated heterocycles. The quantitative estimate of drug-likeness (QED) is 0.465. The molecule has 5 heterocycles. The smallest absolute Gasteiger partial charge is 0.303 e. The van der Waals surface area contributed by atoms with E-state index in [9.17, 15) is 9.59 Å². The summed E-state index contributed by atoms with van der Waals surface area (Å²) in [6, 6.07) is 8.10. The molecular weight excluding hydrogens is 519 g/mol. The van der Waals surface area contributed by atoms with Crippen LogP contribution in [-0.4, -0.2) is 62.5 Å². The predicted molar refractivity (Wildman–Crippen MR) is 145 cm³/mol. The number of pyridine rings is 1. The summed E-state index contributed by atoms with van der Waals surface area (Å²) in [5.41, 5.74) is 3.16. The molecule has 3 aromatic heterocycles. The third-order valence-electron chi connectivity index (χ3n) is 7.35. The Morgan fingerprint density at radius 3 is 2.64 bits per heavy atom. The van der Waals surface area contributed by atoms with Crippen molar-refractivity contribution in [3.8, 4) is 0 Å².